The number of nitrogens with two attached hydrogens (primary N) is 1. The van der Waals surface area contributed by atoms with Gasteiger partial charge in [0.05, 0.1) is 12.1 Å². The molecule has 0 aliphatic heterocycles. The van der Waals surface area contributed by atoms with Crippen LogP contribution in [0.15, 0.2) is 41.8 Å². The molecule has 0 atom stereocenters. The van der Waals surface area contributed by atoms with Crippen molar-refractivity contribution in [3.05, 3.63) is 46.7 Å². The molecule has 2 N–H and O–H groups in total. The zero-order chi connectivity index (χ0) is 13.9. The van der Waals surface area contributed by atoms with Gasteiger partial charge in [-0.3, -0.25) is 0 Å². The lowest BCUT2D eigenvalue weighted by Gasteiger charge is -2.22. The molecule has 0 unspecified atom stereocenters. The summed E-state index contributed by atoms with van der Waals surface area (Å²) in [7, 11) is 0. The van der Waals surface area contributed by atoms with E-state index in [1.807, 2.05) is 24.3 Å². The topological polar surface area (TPSA) is 55.0 Å². The second kappa shape index (κ2) is 5.46. The van der Waals surface area contributed by atoms with Crippen molar-refractivity contribution in [1.82, 2.24) is 9.97 Å². The monoisotopic (exact) mass is 284 g/mol. The fraction of sp³-hybridized carbons (Fsp3) is 0.200. The Labute approximate surface area is 121 Å². The summed E-state index contributed by atoms with van der Waals surface area (Å²) in [5.74, 6) is 1.23. The summed E-state index contributed by atoms with van der Waals surface area (Å²) in [4.78, 5) is 12.3. The predicted octanol–water partition coefficient (Wildman–Crippen LogP) is 3.30. The van der Waals surface area contributed by atoms with Crippen LogP contribution in [-0.4, -0.2) is 16.5 Å². The van der Waals surface area contributed by atoms with Gasteiger partial charge >= 0.3 is 0 Å². The van der Waals surface area contributed by atoms with E-state index in [0.717, 1.165) is 29.8 Å². The van der Waals surface area contributed by atoms with Crippen LogP contribution in [0.1, 0.15) is 11.8 Å². The smallest absolute Gasteiger partial charge is 0.222 e. The van der Waals surface area contributed by atoms with Crippen molar-refractivity contribution < 1.29 is 0 Å². The number of hydrogen-bond donors (Lipinski definition) is 1. The average molecular weight is 284 g/mol. The standard InChI is InChI=1S/C15H16N4S/c1-2-19(10-11-6-5-9-20-11)14-12-7-3-4-8-13(12)17-15(16)18-14/h3-9H,2,10H2,1H3,(H2,16,17,18). The first-order chi connectivity index (χ1) is 9.78. The first-order valence-electron chi connectivity index (χ1n) is 6.57. The van der Waals surface area contributed by atoms with Gasteiger partial charge in [0.15, 0.2) is 0 Å². The van der Waals surface area contributed by atoms with Gasteiger partial charge in [-0.05, 0) is 30.5 Å². The van der Waals surface area contributed by atoms with E-state index in [1.54, 1.807) is 11.3 Å². The molecule has 3 aromatic rings. The summed E-state index contributed by atoms with van der Waals surface area (Å²) in [5, 5.41) is 3.13. The number of anilines is 2. The van der Waals surface area contributed by atoms with Crippen LogP contribution in [0.4, 0.5) is 11.8 Å². The highest BCUT2D eigenvalue weighted by atomic mass is 32.1. The largest absolute Gasteiger partial charge is 0.368 e. The minimum Gasteiger partial charge on any atom is -0.368 e. The quantitative estimate of drug-likeness (QED) is 0.798. The van der Waals surface area contributed by atoms with Crippen LogP contribution in [-0.2, 0) is 6.54 Å². The lowest BCUT2D eigenvalue weighted by atomic mass is 10.2. The van der Waals surface area contributed by atoms with Crippen LogP contribution in [0.5, 0.6) is 0 Å². The van der Waals surface area contributed by atoms with E-state index >= 15 is 0 Å². The summed E-state index contributed by atoms with van der Waals surface area (Å²) >= 11 is 1.75. The maximum atomic E-state index is 5.84. The zero-order valence-electron chi connectivity index (χ0n) is 11.3. The maximum Gasteiger partial charge on any atom is 0.222 e. The summed E-state index contributed by atoms with van der Waals surface area (Å²) < 4.78 is 0. The third kappa shape index (κ3) is 2.44. The number of nitrogen functional groups attached to an aromatic ring is 1. The third-order valence-corrected chi connectivity index (χ3v) is 4.07. The summed E-state index contributed by atoms with van der Waals surface area (Å²) in [6.45, 7) is 3.84. The number of thiophene rings is 1. The molecule has 0 aliphatic carbocycles. The minimum atomic E-state index is 0.323. The van der Waals surface area contributed by atoms with E-state index in [2.05, 4.69) is 39.3 Å². The number of fused-ring (bicyclic) bond motifs is 1. The molecule has 102 valence electrons. The highest BCUT2D eigenvalue weighted by Crippen LogP contribution is 2.26. The number of para-hydroxylation sites is 1. The molecular formula is C15H16N4S. The Hall–Kier alpha value is -2.14. The third-order valence-electron chi connectivity index (χ3n) is 3.21. The van der Waals surface area contributed by atoms with Crippen LogP contribution in [0.2, 0.25) is 0 Å². The van der Waals surface area contributed by atoms with Crippen LogP contribution in [0.3, 0.4) is 0 Å². The number of hydrogen-bond acceptors (Lipinski definition) is 5. The molecule has 3 rings (SSSR count). The van der Waals surface area contributed by atoms with Gasteiger partial charge in [0, 0.05) is 16.8 Å². The Bertz CT molecular complexity index is 709. The number of benzene rings is 1. The normalized spacial score (nSPS) is 10.8. The molecule has 0 fully saturated rings. The van der Waals surface area contributed by atoms with Crippen molar-refractivity contribution in [2.75, 3.05) is 17.2 Å². The summed E-state index contributed by atoms with van der Waals surface area (Å²) in [6.07, 6.45) is 0. The first kappa shape index (κ1) is 12.9. The minimum absolute atomic E-state index is 0.323. The zero-order valence-corrected chi connectivity index (χ0v) is 12.1. The Morgan fingerprint density at radius 1 is 1.15 bits per heavy atom. The van der Waals surface area contributed by atoms with Crippen molar-refractivity contribution in [3.8, 4) is 0 Å². The van der Waals surface area contributed by atoms with E-state index in [9.17, 15) is 0 Å². The molecule has 0 aliphatic rings. The molecule has 0 saturated heterocycles. The fourth-order valence-electron chi connectivity index (χ4n) is 2.25. The van der Waals surface area contributed by atoms with Crippen molar-refractivity contribution in [3.63, 3.8) is 0 Å². The molecule has 0 saturated carbocycles. The van der Waals surface area contributed by atoms with E-state index in [-0.39, 0.29) is 0 Å². The Balaban J connectivity index is 2.06. The van der Waals surface area contributed by atoms with Gasteiger partial charge in [0.2, 0.25) is 5.95 Å². The molecule has 4 nitrogen and oxygen atoms in total. The van der Waals surface area contributed by atoms with Crippen molar-refractivity contribution in [2.24, 2.45) is 0 Å². The van der Waals surface area contributed by atoms with E-state index in [1.165, 1.54) is 4.88 Å². The van der Waals surface area contributed by atoms with E-state index in [0.29, 0.717) is 5.95 Å². The van der Waals surface area contributed by atoms with Gasteiger partial charge in [-0.2, -0.15) is 4.98 Å². The lowest BCUT2D eigenvalue weighted by Crippen LogP contribution is -2.23. The molecule has 5 heteroatoms. The predicted molar refractivity (Wildman–Crippen MR) is 85.0 cm³/mol. The number of rotatable bonds is 4. The van der Waals surface area contributed by atoms with Crippen LogP contribution >= 0.6 is 11.3 Å². The Morgan fingerprint density at radius 2 is 2.00 bits per heavy atom. The maximum absolute atomic E-state index is 5.84. The van der Waals surface area contributed by atoms with Gasteiger partial charge < -0.3 is 10.6 Å². The lowest BCUT2D eigenvalue weighted by molar-refractivity contribution is 0.827. The highest BCUT2D eigenvalue weighted by molar-refractivity contribution is 7.09. The van der Waals surface area contributed by atoms with Crippen molar-refractivity contribution in [1.29, 1.82) is 0 Å². The molecule has 0 bridgehead atoms. The van der Waals surface area contributed by atoms with E-state index < -0.39 is 0 Å². The molecular weight excluding hydrogens is 268 g/mol. The average Bonchev–Trinajstić information content (AvgIpc) is 2.97. The van der Waals surface area contributed by atoms with Crippen LogP contribution in [0.25, 0.3) is 10.9 Å². The second-order valence-electron chi connectivity index (χ2n) is 4.52. The van der Waals surface area contributed by atoms with Crippen LogP contribution < -0.4 is 10.6 Å². The molecule has 1 aromatic carbocycles. The molecule has 0 radical (unpaired) electrons. The summed E-state index contributed by atoms with van der Waals surface area (Å²) in [6, 6.07) is 12.2. The highest BCUT2D eigenvalue weighted by Gasteiger charge is 2.13. The van der Waals surface area contributed by atoms with Crippen LogP contribution in [0, 0.1) is 0 Å². The molecule has 0 amide bonds. The van der Waals surface area contributed by atoms with Gasteiger partial charge in [0.25, 0.3) is 0 Å². The van der Waals surface area contributed by atoms with Gasteiger partial charge in [-0.25, -0.2) is 4.98 Å². The molecule has 0 spiro atoms. The second-order valence-corrected chi connectivity index (χ2v) is 5.55. The Morgan fingerprint density at radius 3 is 2.75 bits per heavy atom. The van der Waals surface area contributed by atoms with Crippen molar-refractivity contribution >= 4 is 34.0 Å². The number of aromatic nitrogens is 2. The SMILES string of the molecule is CCN(Cc1cccs1)c1nc(N)nc2ccccc12. The Kier molecular flexibility index (Phi) is 3.52. The first-order valence-corrected chi connectivity index (χ1v) is 7.45. The summed E-state index contributed by atoms with van der Waals surface area (Å²) in [5.41, 5.74) is 6.73. The molecule has 2 heterocycles. The van der Waals surface area contributed by atoms with Gasteiger partial charge in [-0.15, -0.1) is 11.3 Å². The van der Waals surface area contributed by atoms with Crippen molar-refractivity contribution in [2.45, 2.75) is 13.5 Å². The van der Waals surface area contributed by atoms with Gasteiger partial charge in [0.1, 0.15) is 5.82 Å². The fourth-order valence-corrected chi connectivity index (χ4v) is 2.96. The number of nitrogens with zero attached hydrogens (tertiary/aromatic N) is 3. The molecule has 2 aromatic heterocycles. The molecule has 20 heavy (non-hydrogen) atoms. The van der Waals surface area contributed by atoms with E-state index in [4.69, 9.17) is 5.73 Å². The van der Waals surface area contributed by atoms with Gasteiger partial charge in [-0.1, -0.05) is 18.2 Å².